The molecule has 0 aromatic heterocycles. The lowest BCUT2D eigenvalue weighted by molar-refractivity contribution is 0.0696. The Morgan fingerprint density at radius 1 is 1.19 bits per heavy atom. The second kappa shape index (κ2) is 7.81. The molecule has 0 heterocycles. The molecule has 2 N–H and O–H groups in total. The van der Waals surface area contributed by atoms with E-state index >= 15 is 0 Å². The second-order valence-corrected chi connectivity index (χ2v) is 5.40. The van der Waals surface area contributed by atoms with Crippen LogP contribution in [-0.2, 0) is 6.54 Å². The van der Waals surface area contributed by atoms with Gasteiger partial charge in [-0.3, -0.25) is 0 Å². The van der Waals surface area contributed by atoms with Crippen molar-refractivity contribution in [3.8, 4) is 5.75 Å². The molecular formula is C16H16BrNO3. The Kier molecular flexibility index (Phi) is 5.78. The molecule has 5 heteroatoms. The first-order valence-electron chi connectivity index (χ1n) is 6.56. The van der Waals surface area contributed by atoms with E-state index in [1.807, 2.05) is 24.3 Å². The first-order valence-corrected chi connectivity index (χ1v) is 7.36. The van der Waals surface area contributed by atoms with Gasteiger partial charge in [-0.05, 0) is 35.9 Å². The molecule has 0 aliphatic carbocycles. The maximum absolute atomic E-state index is 10.8. The summed E-state index contributed by atoms with van der Waals surface area (Å²) in [6, 6.07) is 14.6. The number of benzene rings is 2. The molecule has 0 fully saturated rings. The van der Waals surface area contributed by atoms with Gasteiger partial charge in [-0.2, -0.15) is 0 Å². The molecule has 0 aliphatic rings. The normalized spacial score (nSPS) is 10.3. The maximum atomic E-state index is 10.8. The largest absolute Gasteiger partial charge is 0.492 e. The van der Waals surface area contributed by atoms with E-state index in [1.165, 1.54) is 11.6 Å². The van der Waals surface area contributed by atoms with Crippen molar-refractivity contribution in [3.05, 3.63) is 64.1 Å². The number of carbonyl (C=O) groups is 1. The highest BCUT2D eigenvalue weighted by Crippen LogP contribution is 2.13. The smallest absolute Gasteiger partial charge is 0.335 e. The van der Waals surface area contributed by atoms with Gasteiger partial charge in [-0.15, -0.1) is 0 Å². The van der Waals surface area contributed by atoms with Crippen LogP contribution in [0.3, 0.4) is 0 Å². The van der Waals surface area contributed by atoms with Crippen LogP contribution in [0.25, 0.3) is 0 Å². The van der Waals surface area contributed by atoms with Crippen LogP contribution in [0.15, 0.2) is 53.0 Å². The molecule has 4 nitrogen and oxygen atoms in total. The zero-order valence-corrected chi connectivity index (χ0v) is 13.0. The predicted molar refractivity (Wildman–Crippen MR) is 84.7 cm³/mol. The van der Waals surface area contributed by atoms with Crippen LogP contribution in [0.5, 0.6) is 5.75 Å². The highest BCUT2D eigenvalue weighted by atomic mass is 79.9. The summed E-state index contributed by atoms with van der Waals surface area (Å²) in [4.78, 5) is 10.8. The number of aromatic carboxylic acids is 1. The standard InChI is InChI=1S/C16H16BrNO3/c17-14-6-4-12(5-7-14)11-18-8-9-21-15-3-1-2-13(10-15)16(19)20/h1-7,10,18H,8-9,11H2,(H,19,20). The number of nitrogens with one attached hydrogen (secondary N) is 1. The van der Waals surface area contributed by atoms with E-state index in [4.69, 9.17) is 9.84 Å². The van der Waals surface area contributed by atoms with E-state index < -0.39 is 5.97 Å². The fraction of sp³-hybridized carbons (Fsp3) is 0.188. The van der Waals surface area contributed by atoms with Gasteiger partial charge in [0.2, 0.25) is 0 Å². The van der Waals surface area contributed by atoms with Gasteiger partial charge in [0.1, 0.15) is 12.4 Å². The average molecular weight is 350 g/mol. The number of ether oxygens (including phenoxy) is 1. The summed E-state index contributed by atoms with van der Waals surface area (Å²) in [5.74, 6) is -0.380. The van der Waals surface area contributed by atoms with Crippen molar-refractivity contribution in [2.24, 2.45) is 0 Å². The minimum absolute atomic E-state index is 0.232. The molecule has 0 aliphatic heterocycles. The number of carboxylic acids is 1. The van der Waals surface area contributed by atoms with Crippen molar-refractivity contribution < 1.29 is 14.6 Å². The Morgan fingerprint density at radius 3 is 2.67 bits per heavy atom. The molecule has 2 aromatic carbocycles. The lowest BCUT2D eigenvalue weighted by Gasteiger charge is -2.08. The Labute approximate surface area is 131 Å². The summed E-state index contributed by atoms with van der Waals surface area (Å²) in [6.07, 6.45) is 0. The predicted octanol–water partition coefficient (Wildman–Crippen LogP) is 3.32. The van der Waals surface area contributed by atoms with Gasteiger partial charge in [-0.25, -0.2) is 4.79 Å². The van der Waals surface area contributed by atoms with Crippen molar-refractivity contribution >= 4 is 21.9 Å². The molecule has 0 atom stereocenters. The van der Waals surface area contributed by atoms with Gasteiger partial charge in [-0.1, -0.05) is 34.1 Å². The molecule has 21 heavy (non-hydrogen) atoms. The number of hydrogen-bond donors (Lipinski definition) is 2. The minimum Gasteiger partial charge on any atom is -0.492 e. The third-order valence-electron chi connectivity index (χ3n) is 2.87. The van der Waals surface area contributed by atoms with Crippen LogP contribution >= 0.6 is 15.9 Å². The summed E-state index contributed by atoms with van der Waals surface area (Å²) in [5.41, 5.74) is 1.43. The fourth-order valence-electron chi connectivity index (χ4n) is 1.79. The van der Waals surface area contributed by atoms with Crippen LogP contribution in [0.1, 0.15) is 15.9 Å². The molecule has 0 bridgehead atoms. The molecule has 0 unspecified atom stereocenters. The SMILES string of the molecule is O=C(O)c1cccc(OCCNCc2ccc(Br)cc2)c1. The van der Waals surface area contributed by atoms with E-state index in [9.17, 15) is 4.79 Å². The van der Waals surface area contributed by atoms with Crippen molar-refractivity contribution in [3.63, 3.8) is 0 Å². The number of halogens is 1. The van der Waals surface area contributed by atoms with Crippen LogP contribution in [-0.4, -0.2) is 24.2 Å². The molecular weight excluding hydrogens is 334 g/mol. The third kappa shape index (κ3) is 5.21. The number of carboxylic acid groups (broad SMARTS) is 1. The van der Waals surface area contributed by atoms with Gasteiger partial charge in [0.05, 0.1) is 5.56 Å². The Hall–Kier alpha value is -1.85. The van der Waals surface area contributed by atoms with Gasteiger partial charge in [0.15, 0.2) is 0 Å². The topological polar surface area (TPSA) is 58.6 Å². The van der Waals surface area contributed by atoms with Gasteiger partial charge in [0.25, 0.3) is 0 Å². The van der Waals surface area contributed by atoms with Crippen LogP contribution in [0.4, 0.5) is 0 Å². The average Bonchev–Trinajstić information content (AvgIpc) is 2.49. The first kappa shape index (κ1) is 15.5. The van der Waals surface area contributed by atoms with Crippen molar-refractivity contribution in [2.75, 3.05) is 13.2 Å². The van der Waals surface area contributed by atoms with E-state index in [-0.39, 0.29) is 5.56 Å². The quantitative estimate of drug-likeness (QED) is 0.753. The molecule has 2 rings (SSSR count). The highest BCUT2D eigenvalue weighted by Gasteiger charge is 2.03. The molecule has 0 saturated heterocycles. The van der Waals surface area contributed by atoms with E-state index in [1.54, 1.807) is 18.2 Å². The van der Waals surface area contributed by atoms with Crippen LogP contribution in [0, 0.1) is 0 Å². The summed E-state index contributed by atoms with van der Waals surface area (Å²) in [7, 11) is 0. The first-order chi connectivity index (χ1) is 10.1. The van der Waals surface area contributed by atoms with E-state index in [2.05, 4.69) is 21.2 Å². The minimum atomic E-state index is -0.950. The molecule has 0 radical (unpaired) electrons. The van der Waals surface area contributed by atoms with Crippen molar-refractivity contribution in [2.45, 2.75) is 6.54 Å². The lowest BCUT2D eigenvalue weighted by atomic mass is 10.2. The zero-order valence-electron chi connectivity index (χ0n) is 11.4. The molecule has 2 aromatic rings. The Balaban J connectivity index is 1.71. The highest BCUT2D eigenvalue weighted by molar-refractivity contribution is 9.10. The van der Waals surface area contributed by atoms with Crippen molar-refractivity contribution in [1.82, 2.24) is 5.32 Å². The number of rotatable bonds is 7. The number of hydrogen-bond acceptors (Lipinski definition) is 3. The molecule has 0 spiro atoms. The van der Waals surface area contributed by atoms with Crippen molar-refractivity contribution in [1.29, 1.82) is 0 Å². The summed E-state index contributed by atoms with van der Waals surface area (Å²) in [5, 5.41) is 12.2. The third-order valence-corrected chi connectivity index (χ3v) is 3.40. The molecule has 110 valence electrons. The fourth-order valence-corrected chi connectivity index (χ4v) is 2.06. The summed E-state index contributed by atoms with van der Waals surface area (Å²) >= 11 is 3.40. The maximum Gasteiger partial charge on any atom is 0.335 e. The molecule has 0 amide bonds. The van der Waals surface area contributed by atoms with E-state index in [0.29, 0.717) is 18.9 Å². The van der Waals surface area contributed by atoms with E-state index in [0.717, 1.165) is 11.0 Å². The lowest BCUT2D eigenvalue weighted by Crippen LogP contribution is -2.20. The zero-order chi connectivity index (χ0) is 15.1. The summed E-state index contributed by atoms with van der Waals surface area (Å²) in [6.45, 7) is 1.94. The van der Waals surface area contributed by atoms with Crippen LogP contribution in [0.2, 0.25) is 0 Å². The van der Waals surface area contributed by atoms with Crippen LogP contribution < -0.4 is 10.1 Å². The van der Waals surface area contributed by atoms with Gasteiger partial charge in [0, 0.05) is 17.6 Å². The van der Waals surface area contributed by atoms with Gasteiger partial charge >= 0.3 is 5.97 Å². The monoisotopic (exact) mass is 349 g/mol. The van der Waals surface area contributed by atoms with Gasteiger partial charge < -0.3 is 15.2 Å². The molecule has 0 saturated carbocycles. The summed E-state index contributed by atoms with van der Waals surface area (Å²) < 4.78 is 6.58. The second-order valence-electron chi connectivity index (χ2n) is 4.48. The Bertz CT molecular complexity index is 599. The Morgan fingerprint density at radius 2 is 1.95 bits per heavy atom.